The van der Waals surface area contributed by atoms with Gasteiger partial charge in [-0.25, -0.2) is 9.98 Å². The number of nitrogens with zero attached hydrogens (tertiary/aromatic N) is 5. The molecule has 1 aromatic heterocycles. The van der Waals surface area contributed by atoms with E-state index in [0.29, 0.717) is 24.3 Å². The lowest BCUT2D eigenvalue weighted by atomic mass is 9.90. The molecule has 1 aromatic carbocycles. The Balaban J connectivity index is 1.57. The predicted octanol–water partition coefficient (Wildman–Crippen LogP) is 2.50. The van der Waals surface area contributed by atoms with Crippen LogP contribution in [-0.2, 0) is 6.54 Å². The molecule has 1 saturated carbocycles. The maximum atomic E-state index is 13.0. The summed E-state index contributed by atoms with van der Waals surface area (Å²) in [5.74, 6) is 1.55. The van der Waals surface area contributed by atoms with E-state index in [2.05, 4.69) is 22.0 Å². The number of carbonyl (C=O) groups is 1. The summed E-state index contributed by atoms with van der Waals surface area (Å²) in [5.41, 5.74) is 1.84. The molecule has 0 radical (unpaired) electrons. The molecule has 2 aliphatic heterocycles. The minimum absolute atomic E-state index is 0.0166. The van der Waals surface area contributed by atoms with Crippen LogP contribution >= 0.6 is 0 Å². The van der Waals surface area contributed by atoms with Crippen LogP contribution in [0.2, 0.25) is 0 Å². The molecular weight excluding hydrogens is 314 g/mol. The van der Waals surface area contributed by atoms with Gasteiger partial charge in [0.15, 0.2) is 11.5 Å². The Morgan fingerprint density at radius 1 is 1.16 bits per heavy atom. The summed E-state index contributed by atoms with van der Waals surface area (Å²) in [6, 6.07) is 10.8. The molecular formula is C19H21N5O. The van der Waals surface area contributed by atoms with Crippen molar-refractivity contribution in [1.82, 2.24) is 14.5 Å². The highest BCUT2D eigenvalue weighted by Gasteiger charge is 2.47. The van der Waals surface area contributed by atoms with Gasteiger partial charge in [0, 0.05) is 13.6 Å². The van der Waals surface area contributed by atoms with Gasteiger partial charge in [0.25, 0.3) is 5.91 Å². The average Bonchev–Trinajstić information content (AvgIpc) is 3.22. The smallest absolute Gasteiger partial charge is 0.280 e. The number of rotatable bonds is 2. The topological polar surface area (TPSA) is 53.7 Å². The fraction of sp³-hybridized carbons (Fsp3) is 0.421. The molecule has 6 nitrogen and oxygen atoms in total. The summed E-state index contributed by atoms with van der Waals surface area (Å²) >= 11 is 0. The number of carbonyl (C=O) groups excluding carboxylic acids is 1. The second-order valence-corrected chi connectivity index (χ2v) is 7.11. The Morgan fingerprint density at radius 3 is 2.80 bits per heavy atom. The minimum atomic E-state index is -0.0166. The number of hydrogen-bond donors (Lipinski definition) is 0. The van der Waals surface area contributed by atoms with Crippen molar-refractivity contribution in [3.8, 4) is 0 Å². The van der Waals surface area contributed by atoms with E-state index >= 15 is 0 Å². The molecule has 0 spiro atoms. The summed E-state index contributed by atoms with van der Waals surface area (Å²) in [5, 5.41) is 0. The first-order chi connectivity index (χ1) is 12.2. The first-order valence-corrected chi connectivity index (χ1v) is 8.98. The van der Waals surface area contributed by atoms with Crippen LogP contribution in [0, 0.1) is 0 Å². The molecule has 2 aromatic rings. The van der Waals surface area contributed by atoms with Gasteiger partial charge >= 0.3 is 0 Å². The Bertz CT molecular complexity index is 856. The number of aromatic nitrogens is 2. The molecule has 128 valence electrons. The van der Waals surface area contributed by atoms with Gasteiger partial charge in [0.1, 0.15) is 0 Å². The molecule has 1 aliphatic carbocycles. The highest BCUT2D eigenvalue weighted by molar-refractivity contribution is 6.18. The van der Waals surface area contributed by atoms with Crippen LogP contribution in [0.1, 0.15) is 41.7 Å². The molecule has 3 aliphatic rings. The van der Waals surface area contributed by atoms with Crippen molar-refractivity contribution in [3.63, 3.8) is 0 Å². The molecule has 0 bridgehead atoms. The van der Waals surface area contributed by atoms with Crippen LogP contribution in [0.15, 0.2) is 41.7 Å². The van der Waals surface area contributed by atoms with E-state index in [0.717, 1.165) is 30.2 Å². The zero-order valence-corrected chi connectivity index (χ0v) is 14.3. The van der Waals surface area contributed by atoms with E-state index < -0.39 is 0 Å². The molecule has 1 fully saturated rings. The van der Waals surface area contributed by atoms with Crippen LogP contribution < -0.4 is 4.90 Å². The number of amides is 1. The second-order valence-electron chi connectivity index (χ2n) is 7.11. The average molecular weight is 335 g/mol. The van der Waals surface area contributed by atoms with Crippen LogP contribution in [0.4, 0.5) is 5.82 Å². The predicted molar refractivity (Wildman–Crippen MR) is 95.8 cm³/mol. The Hall–Kier alpha value is -2.63. The van der Waals surface area contributed by atoms with Crippen LogP contribution in [0.5, 0.6) is 0 Å². The molecule has 25 heavy (non-hydrogen) atoms. The maximum absolute atomic E-state index is 13.0. The number of anilines is 1. The van der Waals surface area contributed by atoms with Gasteiger partial charge in [0.05, 0.1) is 18.4 Å². The SMILES string of the molecule is CN1C(=O)c2c(ncn2Cc2ccccc2)N2C1=N[C@H]1CCCC[C@H]12. The van der Waals surface area contributed by atoms with Gasteiger partial charge in [-0.2, -0.15) is 0 Å². The number of aliphatic imine (C=N–C) groups is 1. The fourth-order valence-corrected chi connectivity index (χ4v) is 4.32. The van der Waals surface area contributed by atoms with Gasteiger partial charge in [-0.15, -0.1) is 0 Å². The monoisotopic (exact) mass is 335 g/mol. The molecule has 5 rings (SSSR count). The third kappa shape index (κ3) is 2.13. The lowest BCUT2D eigenvalue weighted by Crippen LogP contribution is -2.52. The first kappa shape index (κ1) is 14.7. The summed E-state index contributed by atoms with van der Waals surface area (Å²) in [6.07, 6.45) is 6.46. The lowest BCUT2D eigenvalue weighted by Gasteiger charge is -2.36. The normalized spacial score (nSPS) is 24.7. The van der Waals surface area contributed by atoms with Gasteiger partial charge in [-0.1, -0.05) is 43.2 Å². The van der Waals surface area contributed by atoms with Crippen molar-refractivity contribution in [2.45, 2.75) is 44.3 Å². The largest absolute Gasteiger partial charge is 0.320 e. The Labute approximate surface area is 146 Å². The fourth-order valence-electron chi connectivity index (χ4n) is 4.32. The van der Waals surface area contributed by atoms with Crippen LogP contribution in [0.25, 0.3) is 0 Å². The molecule has 0 unspecified atom stereocenters. The van der Waals surface area contributed by atoms with E-state index in [9.17, 15) is 4.79 Å². The van der Waals surface area contributed by atoms with Crippen LogP contribution in [0.3, 0.4) is 0 Å². The second kappa shape index (κ2) is 5.44. The van der Waals surface area contributed by atoms with Gasteiger partial charge < -0.3 is 4.57 Å². The summed E-state index contributed by atoms with van der Waals surface area (Å²) in [6.45, 7) is 0.650. The standard InChI is InChI=1S/C19H21N5O/c1-22-18(25)16-17(20-12-23(16)11-13-7-3-2-4-8-13)24-15-10-6-5-9-14(15)21-19(22)24/h2-4,7-8,12,14-15H,5-6,9-11H2,1H3/t14-,15+/m0/s1. The Morgan fingerprint density at radius 2 is 1.96 bits per heavy atom. The van der Waals surface area contributed by atoms with E-state index in [1.165, 1.54) is 12.8 Å². The molecule has 1 amide bonds. The number of guanidine groups is 1. The van der Waals surface area contributed by atoms with Crippen molar-refractivity contribution in [2.24, 2.45) is 4.99 Å². The summed E-state index contributed by atoms with van der Waals surface area (Å²) in [7, 11) is 1.83. The maximum Gasteiger partial charge on any atom is 0.280 e. The van der Waals surface area contributed by atoms with Gasteiger partial charge in [-0.05, 0) is 18.4 Å². The van der Waals surface area contributed by atoms with Crippen molar-refractivity contribution >= 4 is 17.7 Å². The number of benzene rings is 1. The number of hydrogen-bond acceptors (Lipinski definition) is 4. The number of imidazole rings is 1. The van der Waals surface area contributed by atoms with E-state index in [-0.39, 0.29) is 5.91 Å². The van der Waals surface area contributed by atoms with Gasteiger partial charge in [0.2, 0.25) is 5.96 Å². The van der Waals surface area contributed by atoms with E-state index in [4.69, 9.17) is 4.99 Å². The zero-order valence-electron chi connectivity index (χ0n) is 14.3. The molecule has 3 heterocycles. The van der Waals surface area contributed by atoms with Crippen molar-refractivity contribution in [1.29, 1.82) is 0 Å². The molecule has 0 N–H and O–H groups in total. The van der Waals surface area contributed by atoms with Crippen molar-refractivity contribution in [3.05, 3.63) is 47.9 Å². The third-order valence-corrected chi connectivity index (χ3v) is 5.57. The first-order valence-electron chi connectivity index (χ1n) is 8.98. The van der Waals surface area contributed by atoms with E-state index in [1.807, 2.05) is 29.8 Å². The summed E-state index contributed by atoms with van der Waals surface area (Å²) < 4.78 is 1.97. The zero-order chi connectivity index (χ0) is 17.0. The van der Waals surface area contributed by atoms with E-state index in [1.54, 1.807) is 11.2 Å². The van der Waals surface area contributed by atoms with Crippen LogP contribution in [-0.4, -0.2) is 45.4 Å². The molecule has 0 saturated heterocycles. The molecule has 2 atom stereocenters. The Kier molecular flexibility index (Phi) is 3.20. The molecule has 6 heteroatoms. The van der Waals surface area contributed by atoms with Crippen molar-refractivity contribution in [2.75, 3.05) is 11.9 Å². The number of fused-ring (bicyclic) bond motifs is 5. The highest BCUT2D eigenvalue weighted by Crippen LogP contribution is 2.38. The minimum Gasteiger partial charge on any atom is -0.320 e. The third-order valence-electron chi connectivity index (χ3n) is 5.57. The lowest BCUT2D eigenvalue weighted by molar-refractivity contribution is 0.0855. The quantitative estimate of drug-likeness (QED) is 0.847. The van der Waals surface area contributed by atoms with Gasteiger partial charge in [-0.3, -0.25) is 14.6 Å². The highest BCUT2D eigenvalue weighted by atomic mass is 16.2. The summed E-state index contributed by atoms with van der Waals surface area (Å²) in [4.78, 5) is 26.4. The van der Waals surface area contributed by atoms with Crippen molar-refractivity contribution < 1.29 is 4.79 Å².